The second-order valence-electron chi connectivity index (χ2n) is 8.33. The monoisotopic (exact) mass is 453 g/mol. The number of halogens is 3. The number of aryl methyl sites for hydroxylation is 1. The Morgan fingerprint density at radius 1 is 0.939 bits per heavy atom. The summed E-state index contributed by atoms with van der Waals surface area (Å²) in [5, 5.41) is 6.23. The standard InChI is InChI=1S/C25H22F3N3O2/c26-16-2-6-20(7-3-16)33-24-10-5-18(12-22(24)28)30-25(32)31-13-19(14-31)29-23-9-1-15-11-17(27)4-8-21(15)23/h2-8,10-12,19,23,29H,1,9,13-14H2,(H,30,32). The number of ether oxygens (including phenoxy) is 1. The van der Waals surface area contributed by atoms with E-state index in [1.165, 1.54) is 42.5 Å². The number of rotatable bonds is 5. The fourth-order valence-corrected chi connectivity index (χ4v) is 4.29. The Bertz CT molecular complexity index is 1180. The van der Waals surface area contributed by atoms with E-state index in [0.717, 1.165) is 24.0 Å². The Hall–Kier alpha value is -3.52. The number of likely N-dealkylation sites (tertiary alicyclic amines) is 1. The fraction of sp³-hybridized carbons (Fsp3) is 0.240. The van der Waals surface area contributed by atoms with Crippen LogP contribution in [-0.2, 0) is 6.42 Å². The van der Waals surface area contributed by atoms with Crippen LogP contribution < -0.4 is 15.4 Å². The van der Waals surface area contributed by atoms with E-state index in [-0.39, 0.29) is 29.7 Å². The lowest BCUT2D eigenvalue weighted by Crippen LogP contribution is -2.61. The van der Waals surface area contributed by atoms with Crippen LogP contribution in [0.4, 0.5) is 23.7 Å². The third kappa shape index (κ3) is 4.66. The summed E-state index contributed by atoms with van der Waals surface area (Å²) in [5.41, 5.74) is 2.47. The number of fused-ring (bicyclic) bond motifs is 1. The van der Waals surface area contributed by atoms with Crippen LogP contribution in [0, 0.1) is 17.5 Å². The SMILES string of the molecule is O=C(Nc1ccc(Oc2ccc(F)cc2)c(F)c1)N1CC(NC2CCc3cc(F)ccc32)C1. The van der Waals surface area contributed by atoms with Crippen molar-refractivity contribution in [1.82, 2.24) is 10.2 Å². The summed E-state index contributed by atoms with van der Waals surface area (Å²) in [6.45, 7) is 1.07. The van der Waals surface area contributed by atoms with Crippen molar-refractivity contribution >= 4 is 11.7 Å². The number of urea groups is 1. The summed E-state index contributed by atoms with van der Waals surface area (Å²) in [7, 11) is 0. The molecule has 2 amide bonds. The maximum absolute atomic E-state index is 14.4. The third-order valence-corrected chi connectivity index (χ3v) is 6.01. The summed E-state index contributed by atoms with van der Waals surface area (Å²) in [6.07, 6.45) is 1.75. The fourth-order valence-electron chi connectivity index (χ4n) is 4.29. The van der Waals surface area contributed by atoms with Crippen molar-refractivity contribution in [2.75, 3.05) is 18.4 Å². The highest BCUT2D eigenvalue weighted by Crippen LogP contribution is 2.33. The molecule has 1 aliphatic carbocycles. The zero-order valence-electron chi connectivity index (χ0n) is 17.7. The molecule has 3 aromatic rings. The zero-order valence-corrected chi connectivity index (χ0v) is 17.7. The normalized spacial score (nSPS) is 17.4. The first-order valence-corrected chi connectivity index (χ1v) is 10.8. The number of hydrogen-bond donors (Lipinski definition) is 2. The molecule has 3 aromatic carbocycles. The number of amides is 2. The molecule has 0 spiro atoms. The number of anilines is 1. The first-order valence-electron chi connectivity index (χ1n) is 10.8. The van der Waals surface area contributed by atoms with Gasteiger partial charge >= 0.3 is 6.03 Å². The number of nitrogens with one attached hydrogen (secondary N) is 2. The Balaban J connectivity index is 1.12. The summed E-state index contributed by atoms with van der Waals surface area (Å²) in [4.78, 5) is 14.1. The number of carbonyl (C=O) groups is 1. The molecule has 0 bridgehead atoms. The second kappa shape index (κ2) is 8.78. The minimum Gasteiger partial charge on any atom is -0.454 e. The number of benzene rings is 3. The van der Waals surface area contributed by atoms with E-state index in [4.69, 9.17) is 4.74 Å². The van der Waals surface area contributed by atoms with Crippen LogP contribution in [0.1, 0.15) is 23.6 Å². The van der Waals surface area contributed by atoms with Gasteiger partial charge in [0.2, 0.25) is 0 Å². The lowest BCUT2D eigenvalue weighted by molar-refractivity contribution is 0.142. The molecule has 5 rings (SSSR count). The molecule has 1 saturated heterocycles. The van der Waals surface area contributed by atoms with Crippen LogP contribution in [0.25, 0.3) is 0 Å². The lowest BCUT2D eigenvalue weighted by Gasteiger charge is -2.41. The van der Waals surface area contributed by atoms with Crippen molar-refractivity contribution in [3.63, 3.8) is 0 Å². The maximum atomic E-state index is 14.4. The van der Waals surface area contributed by atoms with Crippen molar-refractivity contribution in [2.45, 2.75) is 24.9 Å². The van der Waals surface area contributed by atoms with Gasteiger partial charge in [0.1, 0.15) is 17.4 Å². The van der Waals surface area contributed by atoms with Gasteiger partial charge in [-0.15, -0.1) is 0 Å². The topological polar surface area (TPSA) is 53.6 Å². The summed E-state index contributed by atoms with van der Waals surface area (Å²) in [5.74, 6) is -0.984. The average Bonchev–Trinajstić information content (AvgIpc) is 3.15. The third-order valence-electron chi connectivity index (χ3n) is 6.01. The molecular formula is C25H22F3N3O2. The lowest BCUT2D eigenvalue weighted by atomic mass is 10.0. The second-order valence-corrected chi connectivity index (χ2v) is 8.33. The first-order chi connectivity index (χ1) is 15.9. The Morgan fingerprint density at radius 2 is 1.70 bits per heavy atom. The van der Waals surface area contributed by atoms with Gasteiger partial charge in [0.05, 0.1) is 0 Å². The number of hydrogen-bond acceptors (Lipinski definition) is 3. The predicted octanol–water partition coefficient (Wildman–Crippen LogP) is 5.39. The molecule has 170 valence electrons. The largest absolute Gasteiger partial charge is 0.454 e. The molecule has 1 atom stereocenters. The Labute approximate surface area is 189 Å². The van der Waals surface area contributed by atoms with Crippen LogP contribution in [0.5, 0.6) is 11.5 Å². The van der Waals surface area contributed by atoms with Crippen molar-refractivity contribution in [2.24, 2.45) is 0 Å². The van der Waals surface area contributed by atoms with Gasteiger partial charge in [-0.2, -0.15) is 0 Å². The smallest absolute Gasteiger partial charge is 0.321 e. The van der Waals surface area contributed by atoms with Gasteiger partial charge in [0.15, 0.2) is 11.6 Å². The molecule has 2 aliphatic rings. The van der Waals surface area contributed by atoms with Gasteiger partial charge in [-0.3, -0.25) is 0 Å². The molecule has 1 heterocycles. The molecule has 0 radical (unpaired) electrons. The average molecular weight is 453 g/mol. The van der Waals surface area contributed by atoms with E-state index >= 15 is 0 Å². The van der Waals surface area contributed by atoms with E-state index in [1.54, 1.807) is 17.0 Å². The van der Waals surface area contributed by atoms with Crippen molar-refractivity contribution in [3.8, 4) is 11.5 Å². The van der Waals surface area contributed by atoms with Gasteiger partial charge in [0, 0.05) is 36.9 Å². The van der Waals surface area contributed by atoms with Crippen molar-refractivity contribution < 1.29 is 22.7 Å². The first kappa shape index (κ1) is 21.3. The van der Waals surface area contributed by atoms with Gasteiger partial charge < -0.3 is 20.3 Å². The highest BCUT2D eigenvalue weighted by Gasteiger charge is 2.34. The molecule has 1 aliphatic heterocycles. The minimum absolute atomic E-state index is 0.0236. The van der Waals surface area contributed by atoms with Crippen molar-refractivity contribution in [3.05, 3.63) is 89.2 Å². The van der Waals surface area contributed by atoms with Gasteiger partial charge in [-0.1, -0.05) is 6.07 Å². The van der Waals surface area contributed by atoms with Crippen LogP contribution in [-0.4, -0.2) is 30.1 Å². The Morgan fingerprint density at radius 3 is 2.45 bits per heavy atom. The van der Waals surface area contributed by atoms with E-state index in [2.05, 4.69) is 10.6 Å². The number of nitrogens with zero attached hydrogens (tertiary/aromatic N) is 1. The van der Waals surface area contributed by atoms with Crippen molar-refractivity contribution in [1.29, 1.82) is 0 Å². The van der Waals surface area contributed by atoms with Gasteiger partial charge in [-0.25, -0.2) is 18.0 Å². The molecule has 1 fully saturated rings. The molecule has 1 unspecified atom stereocenters. The number of carbonyl (C=O) groups excluding carboxylic acids is 1. The molecular weight excluding hydrogens is 431 g/mol. The van der Waals surface area contributed by atoms with E-state index < -0.39 is 11.6 Å². The quantitative estimate of drug-likeness (QED) is 0.545. The summed E-state index contributed by atoms with van der Waals surface area (Å²) >= 11 is 0. The molecule has 0 aromatic heterocycles. The minimum atomic E-state index is -0.642. The molecule has 33 heavy (non-hydrogen) atoms. The maximum Gasteiger partial charge on any atom is 0.321 e. The van der Waals surface area contributed by atoms with Crippen LogP contribution in [0.15, 0.2) is 60.7 Å². The van der Waals surface area contributed by atoms with Gasteiger partial charge in [-0.05, 0) is 72.5 Å². The molecule has 2 N–H and O–H groups in total. The molecule has 0 saturated carbocycles. The van der Waals surface area contributed by atoms with Crippen LogP contribution in [0.2, 0.25) is 0 Å². The van der Waals surface area contributed by atoms with E-state index in [0.29, 0.717) is 24.5 Å². The highest BCUT2D eigenvalue weighted by molar-refractivity contribution is 5.90. The van der Waals surface area contributed by atoms with Crippen LogP contribution >= 0.6 is 0 Å². The highest BCUT2D eigenvalue weighted by atomic mass is 19.1. The zero-order chi connectivity index (χ0) is 22.9. The van der Waals surface area contributed by atoms with E-state index in [9.17, 15) is 18.0 Å². The van der Waals surface area contributed by atoms with E-state index in [1.807, 2.05) is 6.07 Å². The molecule has 5 nitrogen and oxygen atoms in total. The summed E-state index contributed by atoms with van der Waals surface area (Å²) < 4.78 is 46.2. The predicted molar refractivity (Wildman–Crippen MR) is 118 cm³/mol. The molecule has 8 heteroatoms. The van der Waals surface area contributed by atoms with Gasteiger partial charge in [0.25, 0.3) is 0 Å². The summed E-state index contributed by atoms with van der Waals surface area (Å²) in [6, 6.07) is 14.3. The van der Waals surface area contributed by atoms with Crippen LogP contribution in [0.3, 0.4) is 0 Å². The Kier molecular flexibility index (Phi) is 5.68.